The van der Waals surface area contributed by atoms with Crippen LogP contribution in [0.25, 0.3) is 0 Å². The molecular formula is C41H79N3O4. The second-order valence-electron chi connectivity index (χ2n) is 17.0. The number of unbranched alkanes of at least 4 members (excludes halogenated alkanes) is 5. The molecule has 7 nitrogen and oxygen atoms in total. The van der Waals surface area contributed by atoms with Crippen molar-refractivity contribution in [3.8, 4) is 0 Å². The van der Waals surface area contributed by atoms with E-state index in [0.29, 0.717) is 72.8 Å². The summed E-state index contributed by atoms with van der Waals surface area (Å²) in [6.07, 6.45) is 22.6. The summed E-state index contributed by atoms with van der Waals surface area (Å²) in [6.45, 7) is 16.4. The Hall–Kier alpha value is -0.280. The number of nitrogens with two attached hydrogens (primary N) is 3. The van der Waals surface area contributed by atoms with Gasteiger partial charge in [0.2, 0.25) is 0 Å². The van der Waals surface area contributed by atoms with Gasteiger partial charge in [0.05, 0.1) is 18.3 Å². The average molecular weight is 678 g/mol. The fourth-order valence-electron chi connectivity index (χ4n) is 11.4. The summed E-state index contributed by atoms with van der Waals surface area (Å²) in [5, 5.41) is 0. The van der Waals surface area contributed by atoms with Crippen LogP contribution in [0.1, 0.15) is 143 Å². The highest BCUT2D eigenvalue weighted by Crippen LogP contribution is 2.69. The van der Waals surface area contributed by atoms with Crippen molar-refractivity contribution in [3.63, 3.8) is 0 Å². The molecule has 282 valence electrons. The van der Waals surface area contributed by atoms with Gasteiger partial charge >= 0.3 is 0 Å². The van der Waals surface area contributed by atoms with Crippen LogP contribution in [0.3, 0.4) is 0 Å². The first kappa shape index (κ1) is 40.5. The molecule has 4 saturated carbocycles. The molecule has 0 amide bonds. The van der Waals surface area contributed by atoms with Gasteiger partial charge in [-0.1, -0.05) is 59.8 Å². The Morgan fingerprint density at radius 1 is 0.667 bits per heavy atom. The molecule has 0 aliphatic heterocycles. The van der Waals surface area contributed by atoms with E-state index in [2.05, 4.69) is 27.7 Å². The molecule has 0 radical (unpaired) electrons. The number of fused-ring (bicyclic) bond motifs is 5. The van der Waals surface area contributed by atoms with Crippen LogP contribution in [0.4, 0.5) is 0 Å². The van der Waals surface area contributed by atoms with E-state index in [1.54, 1.807) is 0 Å². The Labute approximate surface area is 296 Å². The molecular weight excluding hydrogens is 598 g/mol. The fraction of sp³-hybridized carbons (Fsp3) is 1.00. The maximum Gasteiger partial charge on any atom is 0.0637 e. The highest BCUT2D eigenvalue weighted by atomic mass is 16.5. The molecule has 4 aliphatic carbocycles. The normalized spacial score (nSPS) is 36.8. The van der Waals surface area contributed by atoms with Crippen LogP contribution in [0.2, 0.25) is 0 Å². The summed E-state index contributed by atoms with van der Waals surface area (Å²) in [5.41, 5.74) is 18.2. The van der Waals surface area contributed by atoms with Gasteiger partial charge in [-0.3, -0.25) is 0 Å². The number of hydrogen-bond donors (Lipinski definition) is 3. The van der Waals surface area contributed by atoms with Gasteiger partial charge < -0.3 is 36.1 Å². The minimum absolute atomic E-state index is 0.162. The highest BCUT2D eigenvalue weighted by Gasteiger charge is 2.66. The first-order valence-corrected chi connectivity index (χ1v) is 20.9. The van der Waals surface area contributed by atoms with E-state index in [1.807, 2.05) is 0 Å². The SMILES string of the molecule is CCCCCCCCOCCC[C@H](C)[C@H]1CC[C@H]2[C@@H]3[C@H](OCCCN)C[C@@H]4C[C@H](OCCCN)CC[C@]4(C)[C@H]3C[C@H](OCCCN)[C@]12C. The Morgan fingerprint density at radius 2 is 1.33 bits per heavy atom. The second kappa shape index (κ2) is 20.7. The zero-order valence-electron chi connectivity index (χ0n) is 31.9. The van der Waals surface area contributed by atoms with E-state index in [1.165, 1.54) is 77.0 Å². The molecule has 0 aromatic rings. The Balaban J connectivity index is 1.46. The van der Waals surface area contributed by atoms with Crippen LogP contribution in [0, 0.1) is 46.3 Å². The molecule has 0 unspecified atom stereocenters. The summed E-state index contributed by atoms with van der Waals surface area (Å²) in [6, 6.07) is 0. The summed E-state index contributed by atoms with van der Waals surface area (Å²) in [4.78, 5) is 0. The first-order chi connectivity index (χ1) is 23.3. The third-order valence-electron chi connectivity index (χ3n) is 14.1. The van der Waals surface area contributed by atoms with Gasteiger partial charge in [0, 0.05) is 38.4 Å². The minimum Gasteiger partial charge on any atom is -0.381 e. The monoisotopic (exact) mass is 678 g/mol. The molecule has 0 spiro atoms. The molecule has 0 aromatic carbocycles. The average Bonchev–Trinajstić information content (AvgIpc) is 3.44. The molecule has 11 atom stereocenters. The molecule has 4 aliphatic rings. The lowest BCUT2D eigenvalue weighted by atomic mass is 9.43. The summed E-state index contributed by atoms with van der Waals surface area (Å²) in [7, 11) is 0. The van der Waals surface area contributed by atoms with Gasteiger partial charge in [0.1, 0.15) is 0 Å². The van der Waals surface area contributed by atoms with Gasteiger partial charge in [-0.15, -0.1) is 0 Å². The van der Waals surface area contributed by atoms with Crippen molar-refractivity contribution in [2.24, 2.45) is 63.5 Å². The maximum absolute atomic E-state index is 7.02. The first-order valence-electron chi connectivity index (χ1n) is 20.9. The Bertz CT molecular complexity index is 879. The lowest BCUT2D eigenvalue weighted by Gasteiger charge is -2.65. The van der Waals surface area contributed by atoms with Crippen molar-refractivity contribution < 1.29 is 18.9 Å². The maximum atomic E-state index is 7.02. The van der Waals surface area contributed by atoms with Crippen LogP contribution in [-0.2, 0) is 18.9 Å². The molecule has 0 saturated heterocycles. The predicted molar refractivity (Wildman–Crippen MR) is 199 cm³/mol. The summed E-state index contributed by atoms with van der Waals surface area (Å²) < 4.78 is 26.5. The van der Waals surface area contributed by atoms with Crippen LogP contribution in [0.5, 0.6) is 0 Å². The standard InChI is InChI=1S/C41H79N3O4/c1-5-6-7-8-9-10-23-45-24-11-15-31(2)34-16-17-35-39-36(30-38(41(34,35)4)48-27-14-22-44)40(3)19-18-33(46-25-12-20-42)28-32(40)29-37(39)47-26-13-21-43/h31-39H,5-30,42-44H2,1-4H3/t31-,32-,33+,34+,35-,36-,37+,38-,39-,40-,41+/m0/s1. The molecule has 4 rings (SSSR count). The third-order valence-corrected chi connectivity index (χ3v) is 14.1. The quantitative estimate of drug-likeness (QED) is 0.0891. The Morgan fingerprint density at radius 3 is 2.06 bits per heavy atom. The number of hydrogen-bond acceptors (Lipinski definition) is 7. The van der Waals surface area contributed by atoms with Gasteiger partial charge in [-0.05, 0) is 144 Å². The molecule has 6 N–H and O–H groups in total. The predicted octanol–water partition coefficient (Wildman–Crippen LogP) is 7.86. The largest absolute Gasteiger partial charge is 0.381 e. The molecule has 0 heterocycles. The van der Waals surface area contributed by atoms with Gasteiger partial charge in [-0.25, -0.2) is 0 Å². The topological polar surface area (TPSA) is 115 Å². The molecule has 7 heteroatoms. The highest BCUT2D eigenvalue weighted by molar-refractivity contribution is 5.15. The van der Waals surface area contributed by atoms with E-state index < -0.39 is 0 Å². The molecule has 4 fully saturated rings. The lowest BCUT2D eigenvalue weighted by molar-refractivity contribution is -0.227. The van der Waals surface area contributed by atoms with Crippen LogP contribution >= 0.6 is 0 Å². The van der Waals surface area contributed by atoms with Crippen LogP contribution in [-0.4, -0.2) is 71.0 Å². The number of rotatable bonds is 24. The van der Waals surface area contributed by atoms with E-state index in [9.17, 15) is 0 Å². The van der Waals surface area contributed by atoms with Crippen molar-refractivity contribution in [1.82, 2.24) is 0 Å². The van der Waals surface area contributed by atoms with Crippen molar-refractivity contribution in [2.45, 2.75) is 162 Å². The van der Waals surface area contributed by atoms with E-state index in [-0.39, 0.29) is 11.5 Å². The molecule has 0 bridgehead atoms. The summed E-state index contributed by atoms with van der Waals surface area (Å²) >= 11 is 0. The number of ether oxygens (including phenoxy) is 4. The van der Waals surface area contributed by atoms with Gasteiger partial charge in [-0.2, -0.15) is 0 Å². The van der Waals surface area contributed by atoms with Crippen molar-refractivity contribution >= 4 is 0 Å². The van der Waals surface area contributed by atoms with Crippen molar-refractivity contribution in [1.29, 1.82) is 0 Å². The van der Waals surface area contributed by atoms with E-state index in [4.69, 9.17) is 36.1 Å². The van der Waals surface area contributed by atoms with Gasteiger partial charge in [0.25, 0.3) is 0 Å². The van der Waals surface area contributed by atoms with Crippen molar-refractivity contribution in [3.05, 3.63) is 0 Å². The van der Waals surface area contributed by atoms with Crippen molar-refractivity contribution in [2.75, 3.05) is 52.7 Å². The lowest BCUT2D eigenvalue weighted by Crippen LogP contribution is -2.63. The van der Waals surface area contributed by atoms with E-state index in [0.717, 1.165) is 71.6 Å². The smallest absolute Gasteiger partial charge is 0.0637 e. The van der Waals surface area contributed by atoms with Crippen LogP contribution in [0.15, 0.2) is 0 Å². The molecule has 0 aromatic heterocycles. The fourth-order valence-corrected chi connectivity index (χ4v) is 11.4. The molecule has 48 heavy (non-hydrogen) atoms. The van der Waals surface area contributed by atoms with Gasteiger partial charge in [0.15, 0.2) is 0 Å². The second-order valence-corrected chi connectivity index (χ2v) is 17.0. The minimum atomic E-state index is 0.162. The zero-order chi connectivity index (χ0) is 34.4. The zero-order valence-corrected chi connectivity index (χ0v) is 31.9. The van der Waals surface area contributed by atoms with Crippen LogP contribution < -0.4 is 17.2 Å². The Kier molecular flexibility index (Phi) is 17.4. The summed E-state index contributed by atoms with van der Waals surface area (Å²) in [5.74, 6) is 3.81. The van der Waals surface area contributed by atoms with E-state index >= 15 is 0 Å². The third kappa shape index (κ3) is 9.98.